The number of anilines is 3. The maximum Gasteiger partial charge on any atom is 0.229 e. The largest absolute Gasteiger partial charge is 0.508 e. The Bertz CT molecular complexity index is 1110. The Morgan fingerprint density at radius 3 is 2.76 bits per heavy atom. The van der Waals surface area contributed by atoms with Gasteiger partial charge in [-0.2, -0.15) is 4.98 Å². The summed E-state index contributed by atoms with van der Waals surface area (Å²) in [4.78, 5) is 12.7. The summed E-state index contributed by atoms with van der Waals surface area (Å²) in [5, 5.41) is 6.31. The molecule has 1 aliphatic rings. The third-order valence-electron chi connectivity index (χ3n) is 5.13. The fraction of sp³-hybridized carbons (Fsp3) is 0.227. The van der Waals surface area contributed by atoms with Crippen LogP contribution in [0.25, 0.3) is 4.85 Å². The number of nitrogens with zero attached hydrogens (tertiary/aromatic N) is 3. The van der Waals surface area contributed by atoms with Gasteiger partial charge in [0, 0.05) is 24.2 Å². The van der Waals surface area contributed by atoms with Gasteiger partial charge in [-0.1, -0.05) is 24.3 Å². The molecule has 0 saturated heterocycles. The Morgan fingerprint density at radius 2 is 2.03 bits per heavy atom. The zero-order valence-electron chi connectivity index (χ0n) is 16.2. The third-order valence-corrected chi connectivity index (χ3v) is 5.13. The van der Waals surface area contributed by atoms with E-state index in [0.717, 1.165) is 29.9 Å². The van der Waals surface area contributed by atoms with E-state index in [2.05, 4.69) is 20.5 Å². The summed E-state index contributed by atoms with van der Waals surface area (Å²) in [6, 6.07) is 12.0. The van der Waals surface area contributed by atoms with Crippen molar-refractivity contribution < 1.29 is 9.13 Å². The van der Waals surface area contributed by atoms with Crippen LogP contribution in [0.1, 0.15) is 29.2 Å². The van der Waals surface area contributed by atoms with Crippen molar-refractivity contribution in [3.05, 3.63) is 76.5 Å². The summed E-state index contributed by atoms with van der Waals surface area (Å²) in [6.45, 7) is 7.20. The van der Waals surface area contributed by atoms with E-state index in [4.69, 9.17) is 16.3 Å². The summed E-state index contributed by atoms with van der Waals surface area (Å²) >= 11 is 0. The highest BCUT2D eigenvalue weighted by atomic mass is 19.1. The lowest BCUT2D eigenvalue weighted by atomic mass is 9.96. The summed E-state index contributed by atoms with van der Waals surface area (Å²) in [7, 11) is 3.34. The summed E-state index contributed by atoms with van der Waals surface area (Å²) in [5.74, 6) is 1.30. The van der Waals surface area contributed by atoms with Gasteiger partial charge in [0.25, 0.3) is 0 Å². The average molecular weight is 389 g/mol. The van der Waals surface area contributed by atoms with E-state index < -0.39 is 0 Å². The first-order valence-corrected chi connectivity index (χ1v) is 9.30. The molecule has 3 aromatic rings. The highest BCUT2D eigenvalue weighted by Gasteiger charge is 2.30. The maximum atomic E-state index is 14.4. The molecule has 0 amide bonds. The molecule has 0 unspecified atom stereocenters. The lowest BCUT2D eigenvalue weighted by Gasteiger charge is -2.15. The van der Waals surface area contributed by atoms with Crippen molar-refractivity contribution in [2.45, 2.75) is 18.8 Å². The van der Waals surface area contributed by atoms with Crippen molar-refractivity contribution in [1.82, 2.24) is 9.97 Å². The quantitative estimate of drug-likeness (QED) is 0.599. The molecular formula is C22H20FN5O. The smallest absolute Gasteiger partial charge is 0.229 e. The van der Waals surface area contributed by atoms with Gasteiger partial charge in [0.2, 0.25) is 11.6 Å². The molecule has 1 aliphatic carbocycles. The second-order valence-electron chi connectivity index (χ2n) is 6.75. The van der Waals surface area contributed by atoms with E-state index in [9.17, 15) is 4.39 Å². The van der Waals surface area contributed by atoms with Gasteiger partial charge in [-0.15, -0.1) is 0 Å². The number of hydrogen-bond acceptors (Lipinski definition) is 5. The topological polar surface area (TPSA) is 63.4 Å². The van der Waals surface area contributed by atoms with E-state index >= 15 is 0 Å². The normalized spacial score (nSPS) is 14.8. The summed E-state index contributed by atoms with van der Waals surface area (Å²) < 4.78 is 19.7. The summed E-state index contributed by atoms with van der Waals surface area (Å²) in [6.07, 6.45) is 1.58. The maximum absolute atomic E-state index is 14.4. The lowest BCUT2D eigenvalue weighted by Crippen LogP contribution is -2.08. The Labute approximate surface area is 168 Å². The SMILES string of the molecule is [C-]#[N+]c1ccc(Nc2nc(NC)c3c(n2)[C@@H](c2ccccc2F)CC3)cc1OC. The average Bonchev–Trinajstić information content (AvgIpc) is 3.17. The number of benzene rings is 2. The van der Waals surface area contributed by atoms with Crippen molar-refractivity contribution >= 4 is 23.1 Å². The van der Waals surface area contributed by atoms with Crippen LogP contribution in [0, 0.1) is 12.4 Å². The van der Waals surface area contributed by atoms with Crippen LogP contribution in [0.2, 0.25) is 0 Å². The molecule has 1 aromatic heterocycles. The van der Waals surface area contributed by atoms with E-state index in [0.29, 0.717) is 28.6 Å². The fourth-order valence-corrected chi connectivity index (χ4v) is 3.76. The van der Waals surface area contributed by atoms with E-state index in [1.54, 1.807) is 24.3 Å². The Kier molecular flexibility index (Phi) is 5.00. The second-order valence-corrected chi connectivity index (χ2v) is 6.75. The molecule has 0 saturated carbocycles. The number of nitrogens with one attached hydrogen (secondary N) is 2. The molecule has 29 heavy (non-hydrogen) atoms. The number of hydrogen-bond donors (Lipinski definition) is 2. The van der Waals surface area contributed by atoms with E-state index in [1.807, 2.05) is 19.2 Å². The molecule has 7 heteroatoms. The van der Waals surface area contributed by atoms with Crippen LogP contribution in [-0.2, 0) is 6.42 Å². The van der Waals surface area contributed by atoms with Crippen LogP contribution < -0.4 is 15.4 Å². The van der Waals surface area contributed by atoms with Crippen molar-refractivity contribution in [2.75, 3.05) is 24.8 Å². The van der Waals surface area contributed by atoms with Gasteiger partial charge in [0.1, 0.15) is 17.4 Å². The first-order valence-electron chi connectivity index (χ1n) is 9.30. The van der Waals surface area contributed by atoms with Crippen LogP contribution >= 0.6 is 0 Å². The van der Waals surface area contributed by atoms with Gasteiger partial charge < -0.3 is 15.4 Å². The van der Waals surface area contributed by atoms with Crippen LogP contribution in [0.5, 0.6) is 5.75 Å². The Balaban J connectivity index is 1.73. The molecule has 0 bridgehead atoms. The van der Waals surface area contributed by atoms with Gasteiger partial charge in [0.05, 0.1) is 19.4 Å². The number of ether oxygens (including phenoxy) is 1. The second kappa shape index (κ2) is 7.76. The molecule has 2 N–H and O–H groups in total. The van der Waals surface area contributed by atoms with Crippen LogP contribution in [0.15, 0.2) is 42.5 Å². The standard InChI is InChI=1S/C22H20FN5O/c1-24-18-11-8-13(12-19(18)29-3)26-22-27-20-15(14-6-4-5-7-17(14)23)9-10-16(20)21(25-2)28-22/h4-8,11-12,15H,9-10H2,2-3H3,(H2,25,26,27,28)/t15-/m1/s1. The molecule has 0 radical (unpaired) electrons. The molecule has 146 valence electrons. The zero-order chi connectivity index (χ0) is 20.4. The van der Waals surface area contributed by atoms with Crippen molar-refractivity contribution in [1.29, 1.82) is 0 Å². The van der Waals surface area contributed by atoms with Crippen LogP contribution in [0.3, 0.4) is 0 Å². The first kappa shape index (κ1) is 18.7. The van der Waals surface area contributed by atoms with Crippen LogP contribution in [0.4, 0.5) is 27.5 Å². The van der Waals surface area contributed by atoms with Gasteiger partial charge in [-0.05, 0) is 36.6 Å². The van der Waals surface area contributed by atoms with Crippen LogP contribution in [-0.4, -0.2) is 24.1 Å². The molecule has 0 fully saturated rings. The monoisotopic (exact) mass is 389 g/mol. The van der Waals surface area contributed by atoms with E-state index in [-0.39, 0.29) is 11.7 Å². The van der Waals surface area contributed by atoms with Gasteiger partial charge in [-0.3, -0.25) is 0 Å². The molecule has 4 rings (SSSR count). The number of aromatic nitrogens is 2. The summed E-state index contributed by atoms with van der Waals surface area (Å²) in [5.41, 5.74) is 3.65. The molecule has 6 nitrogen and oxygen atoms in total. The van der Waals surface area contributed by atoms with Gasteiger partial charge >= 0.3 is 0 Å². The highest BCUT2D eigenvalue weighted by molar-refractivity contribution is 5.67. The molecular weight excluding hydrogens is 369 g/mol. The molecule has 0 spiro atoms. The number of fused-ring (bicyclic) bond motifs is 1. The van der Waals surface area contributed by atoms with Gasteiger partial charge in [0.15, 0.2) is 0 Å². The lowest BCUT2D eigenvalue weighted by molar-refractivity contribution is 0.417. The number of rotatable bonds is 5. The highest BCUT2D eigenvalue weighted by Crippen LogP contribution is 2.41. The number of halogens is 1. The van der Waals surface area contributed by atoms with E-state index in [1.165, 1.54) is 13.2 Å². The zero-order valence-corrected chi connectivity index (χ0v) is 16.2. The van der Waals surface area contributed by atoms with Crippen molar-refractivity contribution in [2.24, 2.45) is 0 Å². The predicted octanol–water partition coefficient (Wildman–Crippen LogP) is 5.04. The third kappa shape index (κ3) is 3.45. The predicted molar refractivity (Wildman–Crippen MR) is 111 cm³/mol. The first-order chi connectivity index (χ1) is 14.1. The molecule has 0 aliphatic heterocycles. The molecule has 1 heterocycles. The van der Waals surface area contributed by atoms with Crippen molar-refractivity contribution in [3.63, 3.8) is 0 Å². The minimum absolute atomic E-state index is 0.110. The number of methoxy groups -OCH3 is 1. The van der Waals surface area contributed by atoms with Gasteiger partial charge in [-0.25, -0.2) is 14.2 Å². The molecule has 1 atom stereocenters. The fourth-order valence-electron chi connectivity index (χ4n) is 3.76. The Hall–Kier alpha value is -3.66. The Morgan fingerprint density at radius 1 is 1.21 bits per heavy atom. The minimum atomic E-state index is -0.219. The van der Waals surface area contributed by atoms with Crippen molar-refractivity contribution in [3.8, 4) is 5.75 Å². The minimum Gasteiger partial charge on any atom is -0.508 e. The molecule has 2 aromatic carbocycles.